The molecule has 1 saturated heterocycles. The molecule has 2 atom stereocenters. The van der Waals surface area contributed by atoms with Crippen LogP contribution in [-0.4, -0.2) is 44.3 Å². The number of hydrogen-bond acceptors (Lipinski definition) is 3. The predicted molar refractivity (Wildman–Crippen MR) is 90.4 cm³/mol. The number of para-hydroxylation sites is 1. The van der Waals surface area contributed by atoms with Crippen molar-refractivity contribution in [2.75, 3.05) is 31.1 Å². The second-order valence-corrected chi connectivity index (χ2v) is 6.16. The molecule has 0 saturated carbocycles. The van der Waals surface area contributed by atoms with Gasteiger partial charge in [-0.15, -0.1) is 0 Å². The highest BCUT2D eigenvalue weighted by Gasteiger charge is 2.22. The van der Waals surface area contributed by atoms with Gasteiger partial charge in [0.15, 0.2) is 5.96 Å². The molecule has 2 unspecified atom stereocenters. The zero-order chi connectivity index (χ0) is 15.4. The molecule has 0 aromatic heterocycles. The predicted octanol–water partition coefficient (Wildman–Crippen LogP) is 1.52. The number of nitrogens with zero attached hydrogens (tertiary/aromatic N) is 2. The Labute approximate surface area is 132 Å². The normalized spacial score (nSPS) is 22.7. The highest BCUT2D eigenvalue weighted by molar-refractivity contribution is 5.77. The third-order valence-electron chi connectivity index (χ3n) is 4.52. The van der Waals surface area contributed by atoms with E-state index in [1.165, 1.54) is 11.3 Å². The Hall–Kier alpha value is -1.75. The maximum atomic E-state index is 5.96. The SMILES string of the molecule is CC(CN=C(N)NCC1CCCO1)N1CCc2ccccc21. The summed E-state index contributed by atoms with van der Waals surface area (Å²) in [6.07, 6.45) is 3.67. The molecule has 0 spiro atoms. The molecule has 3 rings (SSSR count). The number of benzene rings is 1. The molecule has 2 aliphatic heterocycles. The lowest BCUT2D eigenvalue weighted by Gasteiger charge is -2.26. The van der Waals surface area contributed by atoms with Crippen LogP contribution in [0.15, 0.2) is 29.3 Å². The van der Waals surface area contributed by atoms with Crippen LogP contribution >= 0.6 is 0 Å². The summed E-state index contributed by atoms with van der Waals surface area (Å²) in [5, 5.41) is 3.17. The van der Waals surface area contributed by atoms with Gasteiger partial charge in [0.1, 0.15) is 0 Å². The standard InChI is InChI=1S/C17H26N4O/c1-13(21-9-8-14-5-2-3-7-16(14)21)11-19-17(18)20-12-15-6-4-10-22-15/h2-3,5,7,13,15H,4,6,8-12H2,1H3,(H3,18,19,20). The zero-order valence-corrected chi connectivity index (χ0v) is 13.3. The Morgan fingerprint density at radius 1 is 1.50 bits per heavy atom. The first-order valence-electron chi connectivity index (χ1n) is 8.24. The molecular weight excluding hydrogens is 276 g/mol. The Morgan fingerprint density at radius 3 is 3.18 bits per heavy atom. The molecule has 2 heterocycles. The molecule has 0 amide bonds. The van der Waals surface area contributed by atoms with Gasteiger partial charge in [0, 0.05) is 31.4 Å². The molecule has 5 nitrogen and oxygen atoms in total. The van der Waals surface area contributed by atoms with Crippen molar-refractivity contribution in [3.8, 4) is 0 Å². The van der Waals surface area contributed by atoms with Crippen molar-refractivity contribution in [1.29, 1.82) is 0 Å². The summed E-state index contributed by atoms with van der Waals surface area (Å²) in [4.78, 5) is 6.91. The minimum atomic E-state index is 0.289. The summed E-state index contributed by atoms with van der Waals surface area (Å²) in [5.74, 6) is 0.523. The van der Waals surface area contributed by atoms with Crippen molar-refractivity contribution < 1.29 is 4.74 Å². The maximum Gasteiger partial charge on any atom is 0.188 e. The van der Waals surface area contributed by atoms with Crippen LogP contribution in [0.1, 0.15) is 25.3 Å². The van der Waals surface area contributed by atoms with E-state index in [1.807, 2.05) is 0 Å². The van der Waals surface area contributed by atoms with Crippen LogP contribution in [0.3, 0.4) is 0 Å². The van der Waals surface area contributed by atoms with Gasteiger partial charge >= 0.3 is 0 Å². The number of ether oxygens (including phenoxy) is 1. The van der Waals surface area contributed by atoms with E-state index >= 15 is 0 Å². The minimum Gasteiger partial charge on any atom is -0.376 e. The van der Waals surface area contributed by atoms with Gasteiger partial charge in [-0.05, 0) is 37.8 Å². The molecule has 1 aromatic carbocycles. The molecule has 120 valence electrons. The van der Waals surface area contributed by atoms with Crippen LogP contribution in [0.5, 0.6) is 0 Å². The second kappa shape index (κ2) is 7.01. The van der Waals surface area contributed by atoms with Gasteiger partial charge in [0.05, 0.1) is 12.6 Å². The summed E-state index contributed by atoms with van der Waals surface area (Å²) in [6, 6.07) is 8.97. The lowest BCUT2D eigenvalue weighted by Crippen LogP contribution is -2.39. The van der Waals surface area contributed by atoms with E-state index in [4.69, 9.17) is 10.5 Å². The molecular formula is C17H26N4O. The Kier molecular flexibility index (Phi) is 4.83. The third kappa shape index (κ3) is 3.53. The van der Waals surface area contributed by atoms with E-state index in [1.54, 1.807) is 0 Å². The van der Waals surface area contributed by atoms with Gasteiger partial charge in [0.25, 0.3) is 0 Å². The minimum absolute atomic E-state index is 0.289. The number of anilines is 1. The van der Waals surface area contributed by atoms with Crippen LogP contribution in [0, 0.1) is 0 Å². The van der Waals surface area contributed by atoms with Crippen LogP contribution in [0.25, 0.3) is 0 Å². The number of rotatable bonds is 5. The number of guanidine groups is 1. The van der Waals surface area contributed by atoms with Gasteiger partial charge < -0.3 is 20.7 Å². The molecule has 3 N–H and O–H groups in total. The fourth-order valence-corrected chi connectivity index (χ4v) is 3.23. The molecule has 0 bridgehead atoms. The zero-order valence-electron chi connectivity index (χ0n) is 13.3. The number of fused-ring (bicyclic) bond motifs is 1. The van der Waals surface area contributed by atoms with E-state index < -0.39 is 0 Å². The monoisotopic (exact) mass is 302 g/mol. The first-order chi connectivity index (χ1) is 10.7. The highest BCUT2D eigenvalue weighted by Crippen LogP contribution is 2.29. The molecule has 0 aliphatic carbocycles. The molecule has 1 aromatic rings. The largest absolute Gasteiger partial charge is 0.376 e. The first-order valence-corrected chi connectivity index (χ1v) is 8.24. The van der Waals surface area contributed by atoms with Crippen LogP contribution in [-0.2, 0) is 11.2 Å². The Balaban J connectivity index is 1.49. The highest BCUT2D eigenvalue weighted by atomic mass is 16.5. The van der Waals surface area contributed by atoms with E-state index in [9.17, 15) is 0 Å². The van der Waals surface area contributed by atoms with Crippen molar-refractivity contribution in [3.63, 3.8) is 0 Å². The molecule has 1 fully saturated rings. The smallest absolute Gasteiger partial charge is 0.188 e. The number of nitrogens with two attached hydrogens (primary N) is 1. The number of aliphatic imine (C=N–C) groups is 1. The van der Waals surface area contributed by atoms with Crippen LogP contribution < -0.4 is 16.0 Å². The van der Waals surface area contributed by atoms with Crippen LogP contribution in [0.2, 0.25) is 0 Å². The summed E-state index contributed by atoms with van der Waals surface area (Å²) >= 11 is 0. The first kappa shape index (κ1) is 15.2. The van der Waals surface area contributed by atoms with Crippen LogP contribution in [0.4, 0.5) is 5.69 Å². The topological polar surface area (TPSA) is 62.9 Å². The maximum absolute atomic E-state index is 5.96. The van der Waals surface area contributed by atoms with E-state index in [2.05, 4.69) is 46.4 Å². The van der Waals surface area contributed by atoms with Crippen molar-refractivity contribution in [1.82, 2.24) is 5.32 Å². The van der Waals surface area contributed by atoms with E-state index in [-0.39, 0.29) is 6.10 Å². The molecule has 22 heavy (non-hydrogen) atoms. The van der Waals surface area contributed by atoms with E-state index in [0.29, 0.717) is 18.5 Å². The van der Waals surface area contributed by atoms with Crippen molar-refractivity contribution in [2.45, 2.75) is 38.3 Å². The molecule has 5 heteroatoms. The molecule has 2 aliphatic rings. The summed E-state index contributed by atoms with van der Waals surface area (Å²) < 4.78 is 5.57. The fourth-order valence-electron chi connectivity index (χ4n) is 3.23. The average molecular weight is 302 g/mol. The van der Waals surface area contributed by atoms with Gasteiger partial charge in [-0.1, -0.05) is 18.2 Å². The molecule has 0 radical (unpaired) electrons. The van der Waals surface area contributed by atoms with Crippen molar-refractivity contribution >= 4 is 11.6 Å². The lowest BCUT2D eigenvalue weighted by molar-refractivity contribution is 0.114. The summed E-state index contributed by atoms with van der Waals surface area (Å²) in [5.41, 5.74) is 8.73. The van der Waals surface area contributed by atoms with Gasteiger partial charge in [0.2, 0.25) is 0 Å². The van der Waals surface area contributed by atoms with Crippen molar-refractivity contribution in [3.05, 3.63) is 29.8 Å². The Bertz CT molecular complexity index is 525. The number of hydrogen-bond donors (Lipinski definition) is 2. The van der Waals surface area contributed by atoms with Gasteiger partial charge in [-0.2, -0.15) is 0 Å². The van der Waals surface area contributed by atoms with E-state index in [0.717, 1.165) is 39.0 Å². The van der Waals surface area contributed by atoms with Gasteiger partial charge in [-0.3, -0.25) is 4.99 Å². The second-order valence-electron chi connectivity index (χ2n) is 6.16. The summed E-state index contributed by atoms with van der Waals surface area (Å²) in [7, 11) is 0. The third-order valence-corrected chi connectivity index (χ3v) is 4.52. The average Bonchev–Trinajstić information content (AvgIpc) is 3.19. The quantitative estimate of drug-likeness (QED) is 0.639. The number of nitrogens with one attached hydrogen (secondary N) is 1. The lowest BCUT2D eigenvalue weighted by atomic mass is 10.2. The van der Waals surface area contributed by atoms with Gasteiger partial charge in [-0.25, -0.2) is 0 Å². The Morgan fingerprint density at radius 2 is 2.36 bits per heavy atom. The summed E-state index contributed by atoms with van der Waals surface area (Å²) in [6.45, 7) is 5.61. The fraction of sp³-hybridized carbons (Fsp3) is 0.588. The van der Waals surface area contributed by atoms with Crippen molar-refractivity contribution in [2.24, 2.45) is 10.7 Å².